The zero-order chi connectivity index (χ0) is 13.4. The second-order valence-corrected chi connectivity index (χ2v) is 4.55. The average Bonchev–Trinajstić information content (AvgIpc) is 2.42. The van der Waals surface area contributed by atoms with Gasteiger partial charge in [0, 0.05) is 11.6 Å². The van der Waals surface area contributed by atoms with E-state index in [1.54, 1.807) is 5.54 Å². The quantitative estimate of drug-likeness (QED) is 0.797. The lowest BCUT2D eigenvalue weighted by Gasteiger charge is -2.16. The maximum Gasteiger partial charge on any atom is 0.119 e. The van der Waals surface area contributed by atoms with E-state index in [0.717, 1.165) is 24.3 Å². The molecule has 100 valence electrons. The molecule has 1 N–H and O–H groups in total. The van der Waals surface area contributed by atoms with Crippen LogP contribution in [0.1, 0.15) is 38.8 Å². The van der Waals surface area contributed by atoms with Crippen LogP contribution in [-0.2, 0) is 0 Å². The van der Waals surface area contributed by atoms with Crippen molar-refractivity contribution in [1.82, 2.24) is 5.32 Å². The van der Waals surface area contributed by atoms with E-state index in [1.807, 2.05) is 19.1 Å². The molecule has 0 aliphatic carbocycles. The van der Waals surface area contributed by atoms with Gasteiger partial charge in [0.25, 0.3) is 0 Å². The van der Waals surface area contributed by atoms with Crippen molar-refractivity contribution in [3.8, 4) is 5.75 Å². The summed E-state index contributed by atoms with van der Waals surface area (Å²) < 4.78 is 5.61. The second-order valence-electron chi connectivity index (χ2n) is 4.33. The van der Waals surface area contributed by atoms with E-state index in [4.69, 9.17) is 16.3 Å². The van der Waals surface area contributed by atoms with Crippen molar-refractivity contribution in [2.24, 2.45) is 0 Å². The van der Waals surface area contributed by atoms with Gasteiger partial charge in [-0.3, -0.25) is 0 Å². The first kappa shape index (κ1) is 15.1. The van der Waals surface area contributed by atoms with Gasteiger partial charge in [-0.1, -0.05) is 37.6 Å². The highest BCUT2D eigenvalue weighted by Gasteiger charge is 2.07. The Morgan fingerprint density at radius 1 is 1.33 bits per heavy atom. The zero-order valence-corrected chi connectivity index (χ0v) is 12.1. The molecule has 0 aromatic heterocycles. The number of ether oxygens (including phenoxy) is 1. The van der Waals surface area contributed by atoms with Crippen molar-refractivity contribution >= 4 is 11.6 Å². The normalized spacial score (nSPS) is 13.4. The molecule has 0 fully saturated rings. The molecule has 0 saturated carbocycles. The molecular weight excluding hydrogens is 246 g/mol. The van der Waals surface area contributed by atoms with Crippen molar-refractivity contribution in [2.45, 2.75) is 33.2 Å². The van der Waals surface area contributed by atoms with Crippen molar-refractivity contribution in [1.29, 1.82) is 0 Å². The van der Waals surface area contributed by atoms with Crippen LogP contribution in [0.3, 0.4) is 0 Å². The molecule has 0 amide bonds. The van der Waals surface area contributed by atoms with Crippen LogP contribution in [0.2, 0.25) is 0 Å². The van der Waals surface area contributed by atoms with Crippen molar-refractivity contribution in [2.75, 3.05) is 13.2 Å². The van der Waals surface area contributed by atoms with Gasteiger partial charge in [0.15, 0.2) is 0 Å². The maximum atomic E-state index is 5.61. The predicted molar refractivity (Wildman–Crippen MR) is 78.3 cm³/mol. The monoisotopic (exact) mass is 267 g/mol. The van der Waals surface area contributed by atoms with Crippen LogP contribution in [0, 0.1) is 0 Å². The molecule has 1 aromatic carbocycles. The van der Waals surface area contributed by atoms with Gasteiger partial charge < -0.3 is 10.1 Å². The zero-order valence-electron chi connectivity index (χ0n) is 11.4. The summed E-state index contributed by atoms with van der Waals surface area (Å²) in [4.78, 5) is 0. The first-order valence-corrected chi connectivity index (χ1v) is 6.86. The molecular formula is C15H22ClNO. The van der Waals surface area contributed by atoms with E-state index in [2.05, 4.69) is 31.3 Å². The molecule has 2 nitrogen and oxygen atoms in total. The standard InChI is InChI=1S/C15H22ClNO/c1-4-15(17-5-2)13-6-8-14(9-7-13)18-11-12(3)10-16/h6-10,15,17H,4-5,11H2,1-3H3/b12-10+. The largest absolute Gasteiger partial charge is 0.489 e. The maximum absolute atomic E-state index is 5.61. The highest BCUT2D eigenvalue weighted by molar-refractivity contribution is 6.25. The van der Waals surface area contributed by atoms with Crippen LogP contribution < -0.4 is 10.1 Å². The lowest BCUT2D eigenvalue weighted by molar-refractivity contribution is 0.352. The minimum Gasteiger partial charge on any atom is -0.489 e. The van der Waals surface area contributed by atoms with Crippen LogP contribution in [0.4, 0.5) is 0 Å². The summed E-state index contributed by atoms with van der Waals surface area (Å²) >= 11 is 5.59. The van der Waals surface area contributed by atoms with E-state index in [9.17, 15) is 0 Å². The topological polar surface area (TPSA) is 21.3 Å². The Hall–Kier alpha value is -0.990. The van der Waals surface area contributed by atoms with Crippen LogP contribution >= 0.6 is 11.6 Å². The predicted octanol–water partition coefficient (Wildman–Crippen LogP) is 4.27. The molecule has 1 rings (SSSR count). The Kier molecular flexibility index (Phi) is 6.84. The van der Waals surface area contributed by atoms with Gasteiger partial charge in [0.1, 0.15) is 12.4 Å². The molecule has 1 aromatic rings. The molecule has 1 unspecified atom stereocenters. The van der Waals surface area contributed by atoms with Gasteiger partial charge in [0.05, 0.1) is 0 Å². The Bertz CT molecular complexity index is 373. The Morgan fingerprint density at radius 2 is 2.00 bits per heavy atom. The molecule has 0 saturated heterocycles. The first-order valence-electron chi connectivity index (χ1n) is 6.43. The van der Waals surface area contributed by atoms with E-state index in [-0.39, 0.29) is 0 Å². The van der Waals surface area contributed by atoms with E-state index < -0.39 is 0 Å². The van der Waals surface area contributed by atoms with Gasteiger partial charge in [-0.15, -0.1) is 0 Å². The third-order valence-electron chi connectivity index (χ3n) is 2.79. The average molecular weight is 268 g/mol. The van der Waals surface area contributed by atoms with Gasteiger partial charge >= 0.3 is 0 Å². The molecule has 0 spiro atoms. The van der Waals surface area contributed by atoms with Crippen molar-refractivity contribution < 1.29 is 4.74 Å². The summed E-state index contributed by atoms with van der Waals surface area (Å²) in [5.74, 6) is 0.878. The minimum absolute atomic E-state index is 0.425. The third-order valence-corrected chi connectivity index (χ3v) is 3.17. The molecule has 3 heteroatoms. The van der Waals surface area contributed by atoms with E-state index in [1.165, 1.54) is 5.56 Å². The minimum atomic E-state index is 0.425. The molecule has 1 atom stereocenters. The van der Waals surface area contributed by atoms with Gasteiger partial charge in [0.2, 0.25) is 0 Å². The number of halogens is 1. The highest BCUT2D eigenvalue weighted by atomic mass is 35.5. The van der Waals surface area contributed by atoms with Crippen LogP contribution in [-0.4, -0.2) is 13.2 Å². The summed E-state index contributed by atoms with van der Waals surface area (Å²) in [6.07, 6.45) is 1.09. The summed E-state index contributed by atoms with van der Waals surface area (Å²) in [6.45, 7) is 7.77. The van der Waals surface area contributed by atoms with Crippen molar-refractivity contribution in [3.63, 3.8) is 0 Å². The Balaban J connectivity index is 2.61. The van der Waals surface area contributed by atoms with Crippen molar-refractivity contribution in [3.05, 3.63) is 40.9 Å². The molecule has 0 heterocycles. The van der Waals surface area contributed by atoms with Gasteiger partial charge in [-0.05, 0) is 43.2 Å². The number of nitrogens with one attached hydrogen (secondary N) is 1. The van der Waals surface area contributed by atoms with E-state index >= 15 is 0 Å². The SMILES string of the molecule is CCNC(CC)c1ccc(OC/C(C)=C/Cl)cc1. The molecule has 18 heavy (non-hydrogen) atoms. The number of hydrogen-bond donors (Lipinski definition) is 1. The second kappa shape index (κ2) is 8.17. The third kappa shape index (κ3) is 4.71. The number of rotatable bonds is 7. The fraction of sp³-hybridized carbons (Fsp3) is 0.467. The lowest BCUT2D eigenvalue weighted by atomic mass is 10.0. The van der Waals surface area contributed by atoms with Crippen LogP contribution in [0.5, 0.6) is 5.75 Å². The number of benzene rings is 1. The Labute approximate surface area is 115 Å². The molecule has 0 aliphatic heterocycles. The number of hydrogen-bond acceptors (Lipinski definition) is 2. The lowest BCUT2D eigenvalue weighted by Crippen LogP contribution is -2.19. The Morgan fingerprint density at radius 3 is 2.50 bits per heavy atom. The fourth-order valence-corrected chi connectivity index (χ4v) is 1.83. The highest BCUT2D eigenvalue weighted by Crippen LogP contribution is 2.20. The van der Waals surface area contributed by atoms with Crippen LogP contribution in [0.15, 0.2) is 35.4 Å². The smallest absolute Gasteiger partial charge is 0.119 e. The molecule has 0 bridgehead atoms. The molecule has 0 aliphatic rings. The summed E-state index contributed by atoms with van der Waals surface area (Å²) in [6, 6.07) is 8.68. The summed E-state index contributed by atoms with van der Waals surface area (Å²) in [5, 5.41) is 3.46. The van der Waals surface area contributed by atoms with Gasteiger partial charge in [-0.25, -0.2) is 0 Å². The summed E-state index contributed by atoms with van der Waals surface area (Å²) in [7, 11) is 0. The summed E-state index contributed by atoms with van der Waals surface area (Å²) in [5.41, 5.74) is 3.86. The first-order chi connectivity index (χ1) is 8.71. The van der Waals surface area contributed by atoms with E-state index in [0.29, 0.717) is 12.6 Å². The van der Waals surface area contributed by atoms with Gasteiger partial charge in [-0.2, -0.15) is 0 Å². The van der Waals surface area contributed by atoms with Crippen LogP contribution in [0.25, 0.3) is 0 Å². The molecule has 0 radical (unpaired) electrons. The fourth-order valence-electron chi connectivity index (χ4n) is 1.77.